The van der Waals surface area contributed by atoms with Gasteiger partial charge in [-0.2, -0.15) is 0 Å². The molecular formula is C13H27NO2Si. The summed E-state index contributed by atoms with van der Waals surface area (Å²) in [4.78, 5) is 0. The molecule has 1 heterocycles. The van der Waals surface area contributed by atoms with E-state index in [1.165, 1.54) is 32.2 Å². The van der Waals surface area contributed by atoms with Crippen LogP contribution in [0.4, 0.5) is 0 Å². The maximum absolute atomic E-state index is 5.60. The molecular weight excluding hydrogens is 230 g/mol. The highest BCUT2D eigenvalue weighted by Gasteiger charge is 2.44. The molecule has 1 aliphatic heterocycles. The van der Waals surface area contributed by atoms with Crippen molar-refractivity contribution in [2.24, 2.45) is 17.8 Å². The van der Waals surface area contributed by atoms with E-state index in [1.807, 2.05) is 0 Å². The second-order valence-electron chi connectivity index (χ2n) is 5.84. The first-order chi connectivity index (χ1) is 8.19. The second kappa shape index (κ2) is 5.82. The smallest absolute Gasteiger partial charge is 0.388 e. The van der Waals surface area contributed by atoms with Gasteiger partial charge in [0.15, 0.2) is 0 Å². The highest BCUT2D eigenvalue weighted by Crippen LogP contribution is 2.42. The van der Waals surface area contributed by atoms with E-state index in [0.717, 1.165) is 23.8 Å². The number of hydrogen-bond acceptors (Lipinski definition) is 3. The SMILES string of the molecule is CO[SiH](OC)N1CCC(C)C2C(C)CCCC21. The molecule has 0 aromatic carbocycles. The standard InChI is InChI=1S/C13H27NO2Si/c1-10-6-5-7-12-13(10)11(2)8-9-14(12)17(15-3)16-4/h10-13,17H,5-9H2,1-4H3. The summed E-state index contributed by atoms with van der Waals surface area (Å²) in [6, 6.07) is 0.721. The first kappa shape index (κ1) is 13.5. The fraction of sp³-hybridized carbons (Fsp3) is 1.00. The van der Waals surface area contributed by atoms with Crippen LogP contribution in [-0.4, -0.2) is 40.8 Å². The van der Waals surface area contributed by atoms with Crippen molar-refractivity contribution in [2.75, 3.05) is 20.8 Å². The monoisotopic (exact) mass is 257 g/mol. The van der Waals surface area contributed by atoms with Crippen molar-refractivity contribution in [3.8, 4) is 0 Å². The lowest BCUT2D eigenvalue weighted by Crippen LogP contribution is -2.59. The molecule has 0 aromatic rings. The van der Waals surface area contributed by atoms with Gasteiger partial charge in [0, 0.05) is 20.3 Å². The fourth-order valence-electron chi connectivity index (χ4n) is 4.08. The van der Waals surface area contributed by atoms with Gasteiger partial charge in [0.1, 0.15) is 0 Å². The zero-order chi connectivity index (χ0) is 12.4. The average molecular weight is 257 g/mol. The summed E-state index contributed by atoms with van der Waals surface area (Å²) in [7, 11) is 2.02. The Kier molecular flexibility index (Phi) is 4.63. The molecule has 4 heteroatoms. The van der Waals surface area contributed by atoms with E-state index in [1.54, 1.807) is 14.2 Å². The summed E-state index contributed by atoms with van der Waals surface area (Å²) in [5.74, 6) is 2.60. The quantitative estimate of drug-likeness (QED) is 0.723. The van der Waals surface area contributed by atoms with Gasteiger partial charge in [-0.1, -0.05) is 26.7 Å². The Morgan fingerprint density at radius 3 is 2.29 bits per heavy atom. The van der Waals surface area contributed by atoms with E-state index in [4.69, 9.17) is 8.85 Å². The Balaban J connectivity index is 2.13. The van der Waals surface area contributed by atoms with E-state index in [2.05, 4.69) is 18.4 Å². The van der Waals surface area contributed by atoms with Gasteiger partial charge in [-0.15, -0.1) is 0 Å². The molecule has 0 radical (unpaired) electrons. The van der Waals surface area contributed by atoms with Gasteiger partial charge in [-0.25, -0.2) is 0 Å². The number of hydrogen-bond donors (Lipinski definition) is 0. The van der Waals surface area contributed by atoms with E-state index in [-0.39, 0.29) is 0 Å². The average Bonchev–Trinajstić information content (AvgIpc) is 2.33. The molecule has 2 fully saturated rings. The van der Waals surface area contributed by atoms with Crippen molar-refractivity contribution in [3.05, 3.63) is 0 Å². The predicted octanol–water partition coefficient (Wildman–Crippen LogP) is 2.14. The molecule has 0 N–H and O–H groups in total. The van der Waals surface area contributed by atoms with Gasteiger partial charge in [-0.05, 0) is 37.1 Å². The van der Waals surface area contributed by atoms with Crippen LogP contribution in [0.3, 0.4) is 0 Å². The summed E-state index contributed by atoms with van der Waals surface area (Å²) < 4.78 is 13.8. The van der Waals surface area contributed by atoms with Crippen molar-refractivity contribution in [1.29, 1.82) is 0 Å². The number of piperidine rings is 1. The fourth-order valence-corrected chi connectivity index (χ4v) is 5.83. The first-order valence-corrected chi connectivity index (χ1v) is 8.46. The summed E-state index contributed by atoms with van der Waals surface area (Å²) in [6.45, 7) is 6.05. The molecule has 2 rings (SSSR count). The molecule has 1 aliphatic carbocycles. The predicted molar refractivity (Wildman–Crippen MR) is 71.9 cm³/mol. The third kappa shape index (κ3) is 2.60. The summed E-state index contributed by atoms with van der Waals surface area (Å²) in [5.41, 5.74) is 0. The zero-order valence-corrected chi connectivity index (χ0v) is 12.8. The van der Waals surface area contributed by atoms with Crippen molar-refractivity contribution >= 4 is 9.45 Å². The normalized spacial score (nSPS) is 39.4. The zero-order valence-electron chi connectivity index (χ0n) is 11.7. The Morgan fingerprint density at radius 2 is 1.65 bits per heavy atom. The van der Waals surface area contributed by atoms with Crippen LogP contribution in [0.1, 0.15) is 39.5 Å². The maximum Gasteiger partial charge on any atom is 0.410 e. The van der Waals surface area contributed by atoms with Crippen LogP contribution >= 0.6 is 0 Å². The number of nitrogens with zero attached hydrogens (tertiary/aromatic N) is 1. The molecule has 0 bridgehead atoms. The lowest BCUT2D eigenvalue weighted by Gasteiger charge is -2.51. The van der Waals surface area contributed by atoms with Crippen LogP contribution < -0.4 is 0 Å². The summed E-state index contributed by atoms with van der Waals surface area (Å²) >= 11 is 0. The minimum Gasteiger partial charge on any atom is -0.388 e. The molecule has 17 heavy (non-hydrogen) atoms. The molecule has 0 spiro atoms. The van der Waals surface area contributed by atoms with Crippen molar-refractivity contribution in [1.82, 2.24) is 4.57 Å². The maximum atomic E-state index is 5.60. The van der Waals surface area contributed by atoms with Crippen molar-refractivity contribution < 1.29 is 8.85 Å². The largest absolute Gasteiger partial charge is 0.410 e. The van der Waals surface area contributed by atoms with Gasteiger partial charge < -0.3 is 8.85 Å². The molecule has 100 valence electrons. The first-order valence-electron chi connectivity index (χ1n) is 7.00. The van der Waals surface area contributed by atoms with E-state index >= 15 is 0 Å². The van der Waals surface area contributed by atoms with E-state index < -0.39 is 9.45 Å². The van der Waals surface area contributed by atoms with Gasteiger partial charge >= 0.3 is 9.45 Å². The Hall–Kier alpha value is 0.0969. The Labute approximate surface area is 107 Å². The summed E-state index contributed by atoms with van der Waals surface area (Å²) in [6.07, 6.45) is 5.43. The van der Waals surface area contributed by atoms with Crippen LogP contribution in [0.25, 0.3) is 0 Å². The molecule has 1 saturated heterocycles. The Bertz CT molecular complexity index is 244. The van der Waals surface area contributed by atoms with Crippen LogP contribution in [0.15, 0.2) is 0 Å². The van der Waals surface area contributed by atoms with Crippen LogP contribution in [0.2, 0.25) is 0 Å². The minimum atomic E-state index is -1.59. The molecule has 1 saturated carbocycles. The third-order valence-electron chi connectivity index (χ3n) is 4.86. The second-order valence-corrected chi connectivity index (χ2v) is 8.06. The summed E-state index contributed by atoms with van der Waals surface area (Å²) in [5, 5.41) is 0. The van der Waals surface area contributed by atoms with Crippen molar-refractivity contribution in [3.63, 3.8) is 0 Å². The molecule has 2 aliphatic rings. The number of fused-ring (bicyclic) bond motifs is 1. The molecule has 0 amide bonds. The Morgan fingerprint density at radius 1 is 1.00 bits per heavy atom. The van der Waals surface area contributed by atoms with Crippen LogP contribution in [-0.2, 0) is 8.85 Å². The lowest BCUT2D eigenvalue weighted by atomic mass is 9.68. The van der Waals surface area contributed by atoms with Crippen LogP contribution in [0.5, 0.6) is 0 Å². The lowest BCUT2D eigenvalue weighted by molar-refractivity contribution is 0.0160. The van der Waals surface area contributed by atoms with Gasteiger partial charge in [0.25, 0.3) is 0 Å². The topological polar surface area (TPSA) is 21.7 Å². The minimum absolute atomic E-state index is 0.721. The molecule has 4 unspecified atom stereocenters. The van der Waals surface area contributed by atoms with Gasteiger partial charge in [0.2, 0.25) is 0 Å². The van der Waals surface area contributed by atoms with Crippen molar-refractivity contribution in [2.45, 2.75) is 45.6 Å². The molecule has 4 atom stereocenters. The molecule has 3 nitrogen and oxygen atoms in total. The van der Waals surface area contributed by atoms with E-state index in [0.29, 0.717) is 0 Å². The number of rotatable bonds is 3. The third-order valence-corrected chi connectivity index (χ3v) is 6.85. The highest BCUT2D eigenvalue weighted by atomic mass is 28.3. The molecule has 0 aromatic heterocycles. The van der Waals surface area contributed by atoms with Gasteiger partial charge in [0.05, 0.1) is 0 Å². The highest BCUT2D eigenvalue weighted by molar-refractivity contribution is 6.41. The van der Waals surface area contributed by atoms with E-state index in [9.17, 15) is 0 Å². The van der Waals surface area contributed by atoms with Gasteiger partial charge in [-0.3, -0.25) is 4.57 Å². The van der Waals surface area contributed by atoms with Crippen LogP contribution in [0, 0.1) is 17.8 Å².